The minimum Gasteiger partial charge on any atom is -0.481 e. The maximum absolute atomic E-state index is 12.2. The first-order chi connectivity index (χ1) is 13.7. The predicted octanol–water partition coefficient (Wildman–Crippen LogP) is 3.81. The van der Waals surface area contributed by atoms with E-state index in [1.165, 1.54) is 5.56 Å². The molecule has 0 radical (unpaired) electrons. The van der Waals surface area contributed by atoms with E-state index in [4.69, 9.17) is 9.47 Å². The molecular formula is C23H30N2O4. The number of aryl methyl sites for hydroxylation is 2. The Morgan fingerprint density at radius 2 is 1.21 bits per heavy atom. The topological polar surface area (TPSA) is 76.7 Å². The van der Waals surface area contributed by atoms with E-state index < -0.39 is 24.0 Å². The molecule has 2 atom stereocenters. The maximum atomic E-state index is 12.2. The average molecular weight is 399 g/mol. The van der Waals surface area contributed by atoms with Gasteiger partial charge in [-0.15, -0.1) is 0 Å². The minimum absolute atomic E-state index is 0.424. The SMILES string of the molecule is Cc1ccc(OC(C)C(=O)NNC(=O)C(C)Oc2ccc(C(C)C)cc2)cc1C. The number of rotatable bonds is 7. The van der Waals surface area contributed by atoms with Crippen LogP contribution in [0.25, 0.3) is 0 Å². The third-order valence-corrected chi connectivity index (χ3v) is 4.70. The van der Waals surface area contributed by atoms with E-state index in [0.29, 0.717) is 17.4 Å². The molecule has 0 spiro atoms. The van der Waals surface area contributed by atoms with Crippen molar-refractivity contribution in [3.05, 3.63) is 59.2 Å². The van der Waals surface area contributed by atoms with Crippen LogP contribution in [0.2, 0.25) is 0 Å². The molecule has 29 heavy (non-hydrogen) atoms. The van der Waals surface area contributed by atoms with E-state index in [-0.39, 0.29) is 0 Å². The molecule has 2 rings (SSSR count). The molecular weight excluding hydrogens is 368 g/mol. The number of hydrogen-bond acceptors (Lipinski definition) is 4. The molecule has 0 saturated carbocycles. The molecule has 2 aromatic rings. The molecule has 0 aromatic heterocycles. The standard InChI is InChI=1S/C23H30N2O4/c1-14(2)19-8-11-20(12-9-19)28-17(5)22(26)24-25-23(27)18(6)29-21-10-7-15(3)16(4)13-21/h7-14,17-18H,1-6H3,(H,24,26)(H,25,27). The maximum Gasteiger partial charge on any atom is 0.279 e. The van der Waals surface area contributed by atoms with Crippen LogP contribution in [-0.4, -0.2) is 24.0 Å². The van der Waals surface area contributed by atoms with Crippen LogP contribution in [0.3, 0.4) is 0 Å². The molecule has 2 N–H and O–H groups in total. The summed E-state index contributed by atoms with van der Waals surface area (Å²) in [5, 5.41) is 0. The Labute approximate surface area is 172 Å². The average Bonchev–Trinajstić information content (AvgIpc) is 2.68. The van der Waals surface area contributed by atoms with E-state index >= 15 is 0 Å². The number of nitrogens with one attached hydrogen (secondary N) is 2. The number of amides is 2. The normalized spacial score (nSPS) is 12.8. The van der Waals surface area contributed by atoms with Gasteiger partial charge in [-0.1, -0.05) is 32.0 Å². The van der Waals surface area contributed by atoms with Gasteiger partial charge in [-0.3, -0.25) is 20.4 Å². The molecule has 0 aliphatic heterocycles. The van der Waals surface area contributed by atoms with E-state index in [1.807, 2.05) is 56.3 Å². The van der Waals surface area contributed by atoms with Gasteiger partial charge >= 0.3 is 0 Å². The highest BCUT2D eigenvalue weighted by molar-refractivity contribution is 5.86. The zero-order valence-electron chi connectivity index (χ0n) is 17.9. The molecule has 6 nitrogen and oxygen atoms in total. The Bertz CT molecular complexity index is 846. The summed E-state index contributed by atoms with van der Waals surface area (Å²) in [7, 11) is 0. The van der Waals surface area contributed by atoms with E-state index in [0.717, 1.165) is 11.1 Å². The third-order valence-electron chi connectivity index (χ3n) is 4.70. The number of carbonyl (C=O) groups is 2. The van der Waals surface area contributed by atoms with Crippen molar-refractivity contribution < 1.29 is 19.1 Å². The summed E-state index contributed by atoms with van der Waals surface area (Å²) < 4.78 is 11.3. The van der Waals surface area contributed by atoms with Gasteiger partial charge in [0.15, 0.2) is 12.2 Å². The van der Waals surface area contributed by atoms with E-state index in [1.54, 1.807) is 13.8 Å². The Morgan fingerprint density at radius 1 is 0.724 bits per heavy atom. The fourth-order valence-electron chi connectivity index (χ4n) is 2.56. The van der Waals surface area contributed by atoms with Crippen LogP contribution >= 0.6 is 0 Å². The minimum atomic E-state index is -0.767. The highest BCUT2D eigenvalue weighted by Crippen LogP contribution is 2.19. The van der Waals surface area contributed by atoms with Gasteiger partial charge < -0.3 is 9.47 Å². The van der Waals surface area contributed by atoms with Gasteiger partial charge in [0.2, 0.25) is 0 Å². The molecule has 0 bridgehead atoms. The zero-order valence-corrected chi connectivity index (χ0v) is 17.9. The van der Waals surface area contributed by atoms with Gasteiger partial charge in [0.25, 0.3) is 11.8 Å². The number of benzene rings is 2. The van der Waals surface area contributed by atoms with Crippen molar-refractivity contribution in [2.75, 3.05) is 0 Å². The van der Waals surface area contributed by atoms with E-state index in [2.05, 4.69) is 24.7 Å². The molecule has 2 amide bonds. The van der Waals surface area contributed by atoms with Gasteiger partial charge in [-0.05, 0) is 74.6 Å². The van der Waals surface area contributed by atoms with Crippen molar-refractivity contribution in [1.29, 1.82) is 0 Å². The van der Waals surface area contributed by atoms with Crippen LogP contribution in [-0.2, 0) is 9.59 Å². The smallest absolute Gasteiger partial charge is 0.279 e. The molecule has 2 unspecified atom stereocenters. The Hall–Kier alpha value is -3.02. The number of hydrazine groups is 1. The third kappa shape index (κ3) is 6.52. The van der Waals surface area contributed by atoms with Crippen molar-refractivity contribution in [2.24, 2.45) is 0 Å². The van der Waals surface area contributed by atoms with Gasteiger partial charge in [-0.2, -0.15) is 0 Å². The molecule has 0 fully saturated rings. The lowest BCUT2D eigenvalue weighted by molar-refractivity contribution is -0.135. The molecule has 6 heteroatoms. The second kappa shape index (κ2) is 9.96. The number of hydrogen-bond donors (Lipinski definition) is 2. The highest BCUT2D eigenvalue weighted by Gasteiger charge is 2.19. The second-order valence-corrected chi connectivity index (χ2v) is 7.47. The van der Waals surface area contributed by atoms with Crippen LogP contribution < -0.4 is 20.3 Å². The van der Waals surface area contributed by atoms with Gasteiger partial charge in [0, 0.05) is 0 Å². The van der Waals surface area contributed by atoms with Gasteiger partial charge in [0.05, 0.1) is 0 Å². The van der Waals surface area contributed by atoms with Crippen LogP contribution in [0, 0.1) is 13.8 Å². The first-order valence-corrected chi connectivity index (χ1v) is 9.77. The van der Waals surface area contributed by atoms with Crippen LogP contribution in [0.1, 0.15) is 50.3 Å². The lowest BCUT2D eigenvalue weighted by Gasteiger charge is -2.18. The lowest BCUT2D eigenvalue weighted by atomic mass is 10.0. The summed E-state index contributed by atoms with van der Waals surface area (Å²) in [6.45, 7) is 11.4. The monoisotopic (exact) mass is 398 g/mol. The predicted molar refractivity (Wildman–Crippen MR) is 113 cm³/mol. The van der Waals surface area contributed by atoms with Crippen molar-refractivity contribution in [2.45, 2.75) is 59.7 Å². The zero-order chi connectivity index (χ0) is 21.6. The van der Waals surface area contributed by atoms with Gasteiger partial charge in [0.1, 0.15) is 11.5 Å². The van der Waals surface area contributed by atoms with E-state index in [9.17, 15) is 9.59 Å². The van der Waals surface area contributed by atoms with Crippen LogP contribution in [0.5, 0.6) is 11.5 Å². The fraction of sp³-hybridized carbons (Fsp3) is 0.391. The fourth-order valence-corrected chi connectivity index (χ4v) is 2.56. The highest BCUT2D eigenvalue weighted by atomic mass is 16.5. The molecule has 0 aliphatic rings. The first-order valence-electron chi connectivity index (χ1n) is 9.77. The summed E-state index contributed by atoms with van der Waals surface area (Å²) in [5.41, 5.74) is 8.17. The Balaban J connectivity index is 1.81. The molecule has 0 aliphatic carbocycles. The summed E-state index contributed by atoms with van der Waals surface area (Å²) in [5.74, 6) is 0.709. The number of carbonyl (C=O) groups excluding carboxylic acids is 2. The molecule has 0 heterocycles. The van der Waals surface area contributed by atoms with Crippen LogP contribution in [0.15, 0.2) is 42.5 Å². The second-order valence-electron chi connectivity index (χ2n) is 7.47. The van der Waals surface area contributed by atoms with Crippen molar-refractivity contribution >= 4 is 11.8 Å². The summed E-state index contributed by atoms with van der Waals surface area (Å²) >= 11 is 0. The quantitative estimate of drug-likeness (QED) is 0.696. The van der Waals surface area contributed by atoms with Crippen molar-refractivity contribution in [3.8, 4) is 11.5 Å². The summed E-state index contributed by atoms with van der Waals surface area (Å²) in [6, 6.07) is 13.2. The lowest BCUT2D eigenvalue weighted by Crippen LogP contribution is -2.50. The first kappa shape index (κ1) is 22.3. The molecule has 156 valence electrons. The Kier molecular flexibility index (Phi) is 7.65. The van der Waals surface area contributed by atoms with Crippen LogP contribution in [0.4, 0.5) is 0 Å². The number of ether oxygens (including phenoxy) is 2. The Morgan fingerprint density at radius 3 is 1.69 bits per heavy atom. The largest absolute Gasteiger partial charge is 0.481 e. The summed E-state index contributed by atoms with van der Waals surface area (Å²) in [4.78, 5) is 24.4. The summed E-state index contributed by atoms with van der Waals surface area (Å²) in [6.07, 6.45) is -1.53. The van der Waals surface area contributed by atoms with Crippen molar-refractivity contribution in [3.63, 3.8) is 0 Å². The molecule has 0 saturated heterocycles. The molecule has 2 aromatic carbocycles. The van der Waals surface area contributed by atoms with Crippen molar-refractivity contribution in [1.82, 2.24) is 10.9 Å². The van der Waals surface area contributed by atoms with Gasteiger partial charge in [-0.25, -0.2) is 0 Å².